The maximum absolute atomic E-state index is 13.2. The summed E-state index contributed by atoms with van der Waals surface area (Å²) in [5.41, 5.74) is 1.53. The van der Waals surface area contributed by atoms with Crippen LogP contribution in [0.5, 0.6) is 11.5 Å². The van der Waals surface area contributed by atoms with Crippen LogP contribution in [0.25, 0.3) is 28.0 Å². The third kappa shape index (κ3) is 2.59. The average molecular weight is 344 g/mol. The molecule has 0 radical (unpaired) electrons. The zero-order valence-corrected chi connectivity index (χ0v) is 14.1. The fourth-order valence-electron chi connectivity index (χ4n) is 2.95. The highest BCUT2D eigenvalue weighted by molar-refractivity contribution is 5.81. The van der Waals surface area contributed by atoms with Gasteiger partial charge in [0.1, 0.15) is 11.5 Å². The monoisotopic (exact) mass is 344 g/mol. The van der Waals surface area contributed by atoms with Gasteiger partial charge in [-0.05, 0) is 48.5 Å². The first-order chi connectivity index (χ1) is 12.7. The molecule has 3 aromatic carbocycles. The topological polar surface area (TPSA) is 64.3 Å². The number of fused-ring (bicyclic) bond motifs is 1. The second kappa shape index (κ2) is 6.37. The smallest absolute Gasteiger partial charge is 0.266 e. The number of aromatic nitrogens is 2. The van der Waals surface area contributed by atoms with Gasteiger partial charge < -0.3 is 9.84 Å². The summed E-state index contributed by atoms with van der Waals surface area (Å²) >= 11 is 0. The van der Waals surface area contributed by atoms with Gasteiger partial charge in [0.2, 0.25) is 0 Å². The van der Waals surface area contributed by atoms with Crippen molar-refractivity contribution in [3.05, 3.63) is 83.2 Å². The van der Waals surface area contributed by atoms with Gasteiger partial charge in [0.25, 0.3) is 5.56 Å². The van der Waals surface area contributed by atoms with Gasteiger partial charge in [-0.2, -0.15) is 0 Å². The Bertz CT molecular complexity index is 1150. The molecule has 0 unspecified atom stereocenters. The van der Waals surface area contributed by atoms with Crippen LogP contribution >= 0.6 is 0 Å². The van der Waals surface area contributed by atoms with Gasteiger partial charge >= 0.3 is 0 Å². The van der Waals surface area contributed by atoms with Crippen LogP contribution in [-0.2, 0) is 0 Å². The fraction of sp³-hybridized carbons (Fsp3) is 0.0476. The van der Waals surface area contributed by atoms with E-state index in [4.69, 9.17) is 4.74 Å². The molecule has 128 valence electrons. The molecule has 0 bridgehead atoms. The van der Waals surface area contributed by atoms with Crippen molar-refractivity contribution in [1.29, 1.82) is 0 Å². The number of phenolic OH excluding ortho intramolecular Hbond substituents is 1. The number of aromatic hydroxyl groups is 1. The molecule has 1 heterocycles. The Hall–Kier alpha value is -3.60. The Morgan fingerprint density at radius 1 is 0.923 bits per heavy atom. The van der Waals surface area contributed by atoms with E-state index >= 15 is 0 Å². The van der Waals surface area contributed by atoms with E-state index in [9.17, 15) is 9.90 Å². The highest BCUT2D eigenvalue weighted by Gasteiger charge is 2.16. The van der Waals surface area contributed by atoms with Crippen LogP contribution < -0.4 is 10.3 Å². The van der Waals surface area contributed by atoms with Crippen LogP contribution in [0, 0.1) is 0 Å². The van der Waals surface area contributed by atoms with Crippen molar-refractivity contribution in [2.75, 3.05) is 7.11 Å². The van der Waals surface area contributed by atoms with Crippen molar-refractivity contribution in [3.63, 3.8) is 0 Å². The molecule has 5 nitrogen and oxygen atoms in total. The van der Waals surface area contributed by atoms with E-state index in [1.54, 1.807) is 67.8 Å². The Morgan fingerprint density at radius 3 is 2.35 bits per heavy atom. The van der Waals surface area contributed by atoms with Gasteiger partial charge in [-0.15, -0.1) is 0 Å². The van der Waals surface area contributed by atoms with E-state index in [1.165, 1.54) is 4.57 Å². The Labute approximate surface area is 149 Å². The van der Waals surface area contributed by atoms with Gasteiger partial charge in [-0.25, -0.2) is 4.98 Å². The summed E-state index contributed by atoms with van der Waals surface area (Å²) < 4.78 is 6.71. The first-order valence-corrected chi connectivity index (χ1v) is 8.13. The molecule has 0 aliphatic rings. The van der Waals surface area contributed by atoms with E-state index in [-0.39, 0.29) is 11.3 Å². The molecule has 4 rings (SSSR count). The first-order valence-electron chi connectivity index (χ1n) is 8.13. The summed E-state index contributed by atoms with van der Waals surface area (Å²) in [5, 5.41) is 10.8. The number of rotatable bonds is 3. The fourth-order valence-corrected chi connectivity index (χ4v) is 2.95. The number of methoxy groups -OCH3 is 1. The van der Waals surface area contributed by atoms with Crippen LogP contribution in [0.4, 0.5) is 0 Å². The van der Waals surface area contributed by atoms with Crippen molar-refractivity contribution < 1.29 is 9.84 Å². The third-order valence-electron chi connectivity index (χ3n) is 4.25. The zero-order valence-electron chi connectivity index (χ0n) is 14.1. The minimum Gasteiger partial charge on any atom is -0.507 e. The van der Waals surface area contributed by atoms with E-state index in [2.05, 4.69) is 4.98 Å². The number of nitrogens with zero attached hydrogens (tertiary/aromatic N) is 2. The molecule has 1 aromatic heterocycles. The molecule has 0 saturated heterocycles. The second-order valence-electron chi connectivity index (χ2n) is 5.81. The van der Waals surface area contributed by atoms with Crippen LogP contribution in [0.2, 0.25) is 0 Å². The molecule has 0 aliphatic heterocycles. The number of para-hydroxylation sites is 2. The summed E-state index contributed by atoms with van der Waals surface area (Å²) in [4.78, 5) is 17.9. The summed E-state index contributed by atoms with van der Waals surface area (Å²) in [6.07, 6.45) is 0. The maximum Gasteiger partial charge on any atom is 0.266 e. The third-order valence-corrected chi connectivity index (χ3v) is 4.25. The predicted molar refractivity (Wildman–Crippen MR) is 101 cm³/mol. The SMILES string of the molecule is COc1ccc(-n2c(-c3ccccc3O)nc3ccccc3c2=O)cc1. The minimum absolute atomic E-state index is 0.0666. The average Bonchev–Trinajstić information content (AvgIpc) is 2.68. The van der Waals surface area contributed by atoms with Gasteiger partial charge in [-0.3, -0.25) is 9.36 Å². The van der Waals surface area contributed by atoms with Crippen molar-refractivity contribution >= 4 is 10.9 Å². The minimum atomic E-state index is -0.195. The molecule has 26 heavy (non-hydrogen) atoms. The molecular weight excluding hydrogens is 328 g/mol. The van der Waals surface area contributed by atoms with Crippen LogP contribution in [-0.4, -0.2) is 21.8 Å². The first kappa shape index (κ1) is 15.9. The molecular formula is C21H16N2O3. The number of hydrogen-bond acceptors (Lipinski definition) is 4. The van der Waals surface area contributed by atoms with Crippen LogP contribution in [0.15, 0.2) is 77.6 Å². The lowest BCUT2D eigenvalue weighted by atomic mass is 10.1. The standard InChI is InChI=1S/C21H16N2O3/c1-26-15-12-10-14(11-13-15)23-20(17-7-3-5-9-19(17)24)22-18-8-4-2-6-16(18)21(23)25/h2-13,24H,1H3. The highest BCUT2D eigenvalue weighted by atomic mass is 16.5. The molecule has 1 N–H and O–H groups in total. The number of benzene rings is 3. The molecule has 5 heteroatoms. The van der Waals surface area contributed by atoms with Crippen molar-refractivity contribution in [3.8, 4) is 28.6 Å². The van der Waals surface area contributed by atoms with Gasteiger partial charge in [-0.1, -0.05) is 24.3 Å². The van der Waals surface area contributed by atoms with E-state index in [1.807, 2.05) is 12.1 Å². The van der Waals surface area contributed by atoms with Crippen molar-refractivity contribution in [2.45, 2.75) is 0 Å². The Balaban J connectivity index is 2.09. The molecule has 0 aliphatic carbocycles. The molecule has 4 aromatic rings. The quantitative estimate of drug-likeness (QED) is 0.614. The van der Waals surface area contributed by atoms with Gasteiger partial charge in [0.05, 0.1) is 29.3 Å². The van der Waals surface area contributed by atoms with Crippen LogP contribution in [0.1, 0.15) is 0 Å². The molecule has 0 amide bonds. The largest absolute Gasteiger partial charge is 0.507 e. The molecule has 0 fully saturated rings. The summed E-state index contributed by atoms with van der Waals surface area (Å²) in [5.74, 6) is 1.15. The van der Waals surface area contributed by atoms with E-state index in [0.717, 1.165) is 0 Å². The second-order valence-corrected chi connectivity index (χ2v) is 5.81. The lowest BCUT2D eigenvalue weighted by Gasteiger charge is -2.15. The van der Waals surface area contributed by atoms with Crippen LogP contribution in [0.3, 0.4) is 0 Å². The zero-order chi connectivity index (χ0) is 18.1. The summed E-state index contributed by atoms with van der Waals surface area (Å²) in [7, 11) is 1.59. The highest BCUT2D eigenvalue weighted by Crippen LogP contribution is 2.29. The van der Waals surface area contributed by atoms with Crippen molar-refractivity contribution in [1.82, 2.24) is 9.55 Å². The molecule has 0 spiro atoms. The molecule has 0 atom stereocenters. The lowest BCUT2D eigenvalue weighted by molar-refractivity contribution is 0.414. The number of phenols is 1. The number of hydrogen-bond donors (Lipinski definition) is 1. The number of ether oxygens (including phenoxy) is 1. The normalized spacial score (nSPS) is 10.8. The lowest BCUT2D eigenvalue weighted by Crippen LogP contribution is -2.22. The predicted octanol–water partition coefficient (Wildman–Crippen LogP) is 3.77. The van der Waals surface area contributed by atoms with E-state index in [0.29, 0.717) is 33.7 Å². The maximum atomic E-state index is 13.2. The van der Waals surface area contributed by atoms with Gasteiger partial charge in [0, 0.05) is 0 Å². The van der Waals surface area contributed by atoms with E-state index < -0.39 is 0 Å². The Morgan fingerprint density at radius 2 is 1.62 bits per heavy atom. The summed E-state index contributed by atoms with van der Waals surface area (Å²) in [6.45, 7) is 0. The van der Waals surface area contributed by atoms with Gasteiger partial charge in [0.15, 0.2) is 5.82 Å². The Kier molecular flexibility index (Phi) is 3.89. The summed E-state index contributed by atoms with van der Waals surface area (Å²) in [6, 6.07) is 21.2. The molecule has 0 saturated carbocycles. The van der Waals surface area contributed by atoms with Crippen molar-refractivity contribution in [2.24, 2.45) is 0 Å².